The first-order valence-corrected chi connectivity index (χ1v) is 11.4. The van der Waals surface area contributed by atoms with E-state index in [9.17, 15) is 10.2 Å². The number of aryl methyl sites for hydroxylation is 2. The molecule has 3 aromatic rings. The fourth-order valence-electron chi connectivity index (χ4n) is 4.16. The summed E-state index contributed by atoms with van der Waals surface area (Å²) in [5, 5.41) is 26.9. The van der Waals surface area contributed by atoms with Crippen LogP contribution in [0.3, 0.4) is 0 Å². The molecule has 0 saturated carbocycles. The summed E-state index contributed by atoms with van der Waals surface area (Å²) in [6.07, 6.45) is 0. The molecule has 1 aromatic heterocycles. The van der Waals surface area contributed by atoms with Crippen molar-refractivity contribution in [3.63, 3.8) is 0 Å². The van der Waals surface area contributed by atoms with E-state index in [0.717, 1.165) is 38.9 Å². The van der Waals surface area contributed by atoms with Crippen molar-refractivity contribution in [3.8, 4) is 11.5 Å². The third-order valence-corrected chi connectivity index (χ3v) is 6.38. The minimum atomic E-state index is -0.238. The van der Waals surface area contributed by atoms with E-state index in [1.165, 1.54) is 0 Å². The molecule has 0 aliphatic carbocycles. The summed E-state index contributed by atoms with van der Waals surface area (Å²) in [6, 6.07) is 10.4. The van der Waals surface area contributed by atoms with Gasteiger partial charge in [-0.1, -0.05) is 76.9 Å². The summed E-state index contributed by atoms with van der Waals surface area (Å²) in [5.74, 6) is 0.406. The lowest BCUT2D eigenvalue weighted by atomic mass is 9.76. The molecule has 2 N–H and O–H groups in total. The highest BCUT2D eigenvalue weighted by atomic mass is 32.1. The zero-order chi connectivity index (χ0) is 22.4. The molecular formula is C27H34O2S. The van der Waals surface area contributed by atoms with Crippen molar-refractivity contribution in [2.24, 2.45) is 0 Å². The van der Waals surface area contributed by atoms with Crippen molar-refractivity contribution in [3.05, 3.63) is 80.0 Å². The molecular weight excluding hydrogens is 388 g/mol. The van der Waals surface area contributed by atoms with Gasteiger partial charge in [0.05, 0.1) is 0 Å². The van der Waals surface area contributed by atoms with Gasteiger partial charge in [0.2, 0.25) is 0 Å². The van der Waals surface area contributed by atoms with Gasteiger partial charge >= 0.3 is 0 Å². The van der Waals surface area contributed by atoms with Gasteiger partial charge in [0.25, 0.3) is 0 Å². The van der Waals surface area contributed by atoms with Crippen LogP contribution in [0.5, 0.6) is 11.5 Å². The van der Waals surface area contributed by atoms with Crippen molar-refractivity contribution in [2.75, 3.05) is 0 Å². The van der Waals surface area contributed by atoms with Crippen LogP contribution in [0.2, 0.25) is 0 Å². The van der Waals surface area contributed by atoms with Crippen LogP contribution < -0.4 is 0 Å². The summed E-state index contributed by atoms with van der Waals surface area (Å²) in [7, 11) is 0. The van der Waals surface area contributed by atoms with E-state index in [2.05, 4.69) is 96.5 Å². The Hall–Kier alpha value is -2.26. The smallest absolute Gasteiger partial charge is 0.123 e. The molecule has 0 spiro atoms. The number of rotatable bonds is 3. The van der Waals surface area contributed by atoms with Crippen molar-refractivity contribution in [1.82, 2.24) is 0 Å². The molecule has 0 atom stereocenters. The van der Waals surface area contributed by atoms with Gasteiger partial charge in [-0.05, 0) is 58.2 Å². The van der Waals surface area contributed by atoms with Gasteiger partial charge in [0.1, 0.15) is 11.5 Å². The molecule has 0 amide bonds. The molecule has 30 heavy (non-hydrogen) atoms. The first-order chi connectivity index (χ1) is 13.8. The van der Waals surface area contributed by atoms with Gasteiger partial charge in [-0.15, -0.1) is 0 Å². The normalized spacial score (nSPS) is 12.6. The van der Waals surface area contributed by atoms with Gasteiger partial charge in [0.15, 0.2) is 0 Å². The van der Waals surface area contributed by atoms with Crippen LogP contribution in [0.25, 0.3) is 0 Å². The largest absolute Gasteiger partial charge is 0.507 e. The maximum atomic E-state index is 11.4. The quantitative estimate of drug-likeness (QED) is 0.457. The second-order valence-corrected chi connectivity index (χ2v) is 11.3. The van der Waals surface area contributed by atoms with Gasteiger partial charge in [-0.25, -0.2) is 0 Å². The van der Waals surface area contributed by atoms with E-state index >= 15 is 0 Å². The summed E-state index contributed by atoms with van der Waals surface area (Å²) >= 11 is 1.63. The standard InChI is InChI=1S/C27H34O2S/c1-16-11-19(24(28)21(13-16)26(3,4)5)23(18-9-10-30-15-18)20-12-17(2)14-22(25(20)29)27(6,7)8/h9-15,23,28-29H,1-8H3. The van der Waals surface area contributed by atoms with Crippen LogP contribution in [0.4, 0.5) is 0 Å². The Morgan fingerprint density at radius 2 is 1.17 bits per heavy atom. The number of thiophene rings is 1. The summed E-state index contributed by atoms with van der Waals surface area (Å²) in [5.41, 5.74) is 6.48. The predicted molar refractivity (Wildman–Crippen MR) is 128 cm³/mol. The van der Waals surface area contributed by atoms with Gasteiger partial charge < -0.3 is 10.2 Å². The average Bonchev–Trinajstić information content (AvgIpc) is 3.12. The number of phenolic OH excluding ortho intramolecular Hbond substituents is 2. The molecule has 0 saturated heterocycles. The first-order valence-electron chi connectivity index (χ1n) is 10.5. The molecule has 0 aliphatic heterocycles. The molecule has 3 rings (SSSR count). The Morgan fingerprint density at radius 1 is 0.733 bits per heavy atom. The molecule has 0 aliphatic rings. The number of benzene rings is 2. The third kappa shape index (κ3) is 4.27. The van der Waals surface area contributed by atoms with Crippen molar-refractivity contribution in [2.45, 2.75) is 72.1 Å². The molecule has 2 aromatic carbocycles. The third-order valence-electron chi connectivity index (χ3n) is 5.68. The lowest BCUT2D eigenvalue weighted by Crippen LogP contribution is -2.16. The van der Waals surface area contributed by atoms with Crippen LogP contribution in [0, 0.1) is 13.8 Å². The van der Waals surface area contributed by atoms with Gasteiger partial charge in [-0.3, -0.25) is 0 Å². The Morgan fingerprint density at radius 3 is 1.50 bits per heavy atom. The molecule has 3 heteroatoms. The zero-order valence-corrected chi connectivity index (χ0v) is 20.2. The minimum Gasteiger partial charge on any atom is -0.507 e. The fourth-order valence-corrected chi connectivity index (χ4v) is 4.85. The number of phenols is 2. The first kappa shape index (κ1) is 22.4. The van der Waals surface area contributed by atoms with E-state index in [1.54, 1.807) is 11.3 Å². The van der Waals surface area contributed by atoms with E-state index in [4.69, 9.17) is 0 Å². The average molecular weight is 423 g/mol. The van der Waals surface area contributed by atoms with Crippen LogP contribution in [-0.2, 0) is 10.8 Å². The van der Waals surface area contributed by atoms with Crippen LogP contribution >= 0.6 is 11.3 Å². The van der Waals surface area contributed by atoms with Crippen LogP contribution in [0.1, 0.15) is 86.4 Å². The van der Waals surface area contributed by atoms with Crippen molar-refractivity contribution in [1.29, 1.82) is 0 Å². The number of hydrogen-bond donors (Lipinski definition) is 2. The van der Waals surface area contributed by atoms with E-state index < -0.39 is 0 Å². The molecule has 0 radical (unpaired) electrons. The highest BCUT2D eigenvalue weighted by Crippen LogP contribution is 2.47. The SMILES string of the molecule is Cc1cc(C(c2ccsc2)c2cc(C)cc(C(C)(C)C)c2O)c(O)c(C(C)(C)C)c1. The van der Waals surface area contributed by atoms with Gasteiger partial charge in [-0.2, -0.15) is 11.3 Å². The highest BCUT2D eigenvalue weighted by Gasteiger charge is 2.30. The lowest BCUT2D eigenvalue weighted by Gasteiger charge is -2.29. The monoisotopic (exact) mass is 422 g/mol. The summed E-state index contributed by atoms with van der Waals surface area (Å²) in [4.78, 5) is 0. The number of hydrogen-bond acceptors (Lipinski definition) is 3. The Labute approximate surface area is 185 Å². The fraction of sp³-hybridized carbons (Fsp3) is 0.407. The van der Waals surface area contributed by atoms with Crippen molar-refractivity contribution >= 4 is 11.3 Å². The summed E-state index contributed by atoms with van der Waals surface area (Å²) < 4.78 is 0. The highest BCUT2D eigenvalue weighted by molar-refractivity contribution is 7.08. The number of aromatic hydroxyl groups is 2. The van der Waals surface area contributed by atoms with Crippen LogP contribution in [0.15, 0.2) is 41.1 Å². The van der Waals surface area contributed by atoms with Crippen molar-refractivity contribution < 1.29 is 10.2 Å². The summed E-state index contributed by atoms with van der Waals surface area (Å²) in [6.45, 7) is 16.8. The molecule has 0 unspecified atom stereocenters. The lowest BCUT2D eigenvalue weighted by molar-refractivity contribution is 0.431. The maximum Gasteiger partial charge on any atom is 0.123 e. The van der Waals surface area contributed by atoms with E-state index in [0.29, 0.717) is 11.5 Å². The molecule has 2 nitrogen and oxygen atoms in total. The molecule has 0 bridgehead atoms. The minimum absolute atomic E-state index is 0.185. The van der Waals surface area contributed by atoms with Gasteiger partial charge in [0, 0.05) is 17.0 Å². The molecule has 1 heterocycles. The van der Waals surface area contributed by atoms with E-state index in [1.807, 2.05) is 0 Å². The predicted octanol–water partition coefficient (Wildman–Crippen LogP) is 7.55. The van der Waals surface area contributed by atoms with Crippen LogP contribution in [-0.4, -0.2) is 10.2 Å². The Balaban J connectivity index is 2.37. The Bertz CT molecular complexity index is 978. The van der Waals surface area contributed by atoms with E-state index in [-0.39, 0.29) is 16.7 Å². The molecule has 160 valence electrons. The topological polar surface area (TPSA) is 40.5 Å². The second kappa shape index (κ2) is 7.77. The maximum absolute atomic E-state index is 11.4. The second-order valence-electron chi connectivity index (χ2n) is 10.5. The Kier molecular flexibility index (Phi) is 5.81. The molecule has 0 fully saturated rings. The zero-order valence-electron chi connectivity index (χ0n) is 19.4.